The molecular formula is C10H19NO2. The van der Waals surface area contributed by atoms with Crippen molar-refractivity contribution >= 4 is 5.97 Å². The fourth-order valence-electron chi connectivity index (χ4n) is 1.29. The van der Waals surface area contributed by atoms with Crippen LogP contribution >= 0.6 is 0 Å². The van der Waals surface area contributed by atoms with Crippen LogP contribution in [0.4, 0.5) is 0 Å². The summed E-state index contributed by atoms with van der Waals surface area (Å²) in [5, 5.41) is 0. The van der Waals surface area contributed by atoms with Gasteiger partial charge in [0.25, 0.3) is 0 Å². The van der Waals surface area contributed by atoms with E-state index < -0.39 is 5.54 Å². The Kier molecular flexibility index (Phi) is 3.31. The molecule has 1 rings (SSSR count). The lowest BCUT2D eigenvalue weighted by Crippen LogP contribution is -2.43. The van der Waals surface area contributed by atoms with Crippen molar-refractivity contribution in [1.82, 2.24) is 0 Å². The molecule has 3 heteroatoms. The average molecular weight is 185 g/mol. The van der Waals surface area contributed by atoms with Crippen LogP contribution in [0.5, 0.6) is 0 Å². The Morgan fingerprint density at radius 2 is 2.15 bits per heavy atom. The van der Waals surface area contributed by atoms with E-state index in [1.54, 1.807) is 13.8 Å². The normalized spacial score (nSPS) is 18.1. The molecule has 0 radical (unpaired) electrons. The third-order valence-electron chi connectivity index (χ3n) is 2.51. The minimum atomic E-state index is -0.848. The van der Waals surface area contributed by atoms with Crippen molar-refractivity contribution < 1.29 is 9.53 Å². The van der Waals surface area contributed by atoms with E-state index in [-0.39, 0.29) is 5.97 Å². The molecule has 0 saturated heterocycles. The Balaban J connectivity index is 2.08. The lowest BCUT2D eigenvalue weighted by molar-refractivity contribution is -0.149. The number of esters is 1. The highest BCUT2D eigenvalue weighted by Gasteiger charge is 2.24. The van der Waals surface area contributed by atoms with Gasteiger partial charge in [-0.15, -0.1) is 0 Å². The summed E-state index contributed by atoms with van der Waals surface area (Å²) in [6, 6.07) is 0. The van der Waals surface area contributed by atoms with Gasteiger partial charge in [0.2, 0.25) is 0 Å². The largest absolute Gasteiger partial charge is 0.464 e. The van der Waals surface area contributed by atoms with Crippen LogP contribution in [-0.2, 0) is 9.53 Å². The molecule has 1 aliphatic carbocycles. The Labute approximate surface area is 79.6 Å². The van der Waals surface area contributed by atoms with Gasteiger partial charge in [0.1, 0.15) is 5.54 Å². The minimum Gasteiger partial charge on any atom is -0.464 e. The summed E-state index contributed by atoms with van der Waals surface area (Å²) in [5.41, 5.74) is 4.72. The van der Waals surface area contributed by atoms with E-state index in [0.29, 0.717) is 6.61 Å². The van der Waals surface area contributed by atoms with Gasteiger partial charge in [0.15, 0.2) is 0 Å². The zero-order valence-corrected chi connectivity index (χ0v) is 8.51. The first-order valence-electron chi connectivity index (χ1n) is 4.96. The van der Waals surface area contributed by atoms with Crippen LogP contribution in [0.1, 0.15) is 39.5 Å². The second kappa shape index (κ2) is 4.09. The number of hydrogen-bond acceptors (Lipinski definition) is 3. The van der Waals surface area contributed by atoms with E-state index in [4.69, 9.17) is 10.5 Å². The maximum Gasteiger partial charge on any atom is 0.325 e. The first kappa shape index (κ1) is 10.5. The molecule has 0 bridgehead atoms. The van der Waals surface area contributed by atoms with E-state index in [0.717, 1.165) is 12.3 Å². The van der Waals surface area contributed by atoms with Crippen molar-refractivity contribution in [2.45, 2.75) is 45.1 Å². The second-order valence-electron chi connectivity index (χ2n) is 4.44. The fourth-order valence-corrected chi connectivity index (χ4v) is 1.29. The third kappa shape index (κ3) is 3.35. The van der Waals surface area contributed by atoms with Crippen LogP contribution in [0.2, 0.25) is 0 Å². The minimum absolute atomic E-state index is 0.299. The molecule has 13 heavy (non-hydrogen) atoms. The molecule has 0 aromatic carbocycles. The van der Waals surface area contributed by atoms with Gasteiger partial charge in [-0.2, -0.15) is 0 Å². The summed E-state index contributed by atoms with van der Waals surface area (Å²) in [5.74, 6) is 0.487. The Morgan fingerprint density at radius 3 is 2.54 bits per heavy atom. The van der Waals surface area contributed by atoms with Crippen LogP contribution < -0.4 is 5.73 Å². The summed E-state index contributed by atoms with van der Waals surface area (Å²) in [7, 11) is 0. The number of carbonyl (C=O) groups is 1. The molecule has 1 saturated carbocycles. The van der Waals surface area contributed by atoms with Crippen molar-refractivity contribution in [3.05, 3.63) is 0 Å². The van der Waals surface area contributed by atoms with E-state index in [2.05, 4.69) is 0 Å². The van der Waals surface area contributed by atoms with E-state index in [1.165, 1.54) is 19.3 Å². The molecule has 0 unspecified atom stereocenters. The van der Waals surface area contributed by atoms with Gasteiger partial charge in [-0.1, -0.05) is 19.3 Å². The standard InChI is InChI=1S/C10H19NO2/c1-10(2,11)9(12)13-7-6-8-4-3-5-8/h8H,3-7,11H2,1-2H3. The van der Waals surface area contributed by atoms with Crippen molar-refractivity contribution in [3.63, 3.8) is 0 Å². The lowest BCUT2D eigenvalue weighted by Gasteiger charge is -2.25. The average Bonchev–Trinajstić information content (AvgIpc) is 1.91. The number of hydrogen-bond donors (Lipinski definition) is 1. The maximum absolute atomic E-state index is 11.2. The Morgan fingerprint density at radius 1 is 1.54 bits per heavy atom. The molecule has 3 nitrogen and oxygen atoms in total. The highest BCUT2D eigenvalue weighted by atomic mass is 16.5. The van der Waals surface area contributed by atoms with Gasteiger partial charge in [-0.05, 0) is 26.2 Å². The number of rotatable bonds is 4. The van der Waals surface area contributed by atoms with E-state index >= 15 is 0 Å². The third-order valence-corrected chi connectivity index (χ3v) is 2.51. The van der Waals surface area contributed by atoms with Crippen molar-refractivity contribution in [1.29, 1.82) is 0 Å². The van der Waals surface area contributed by atoms with Gasteiger partial charge in [-0.25, -0.2) is 0 Å². The first-order chi connectivity index (χ1) is 6.00. The quantitative estimate of drug-likeness (QED) is 0.674. The zero-order valence-electron chi connectivity index (χ0n) is 8.51. The number of ether oxygens (including phenoxy) is 1. The second-order valence-corrected chi connectivity index (χ2v) is 4.44. The van der Waals surface area contributed by atoms with E-state index in [9.17, 15) is 4.79 Å². The molecule has 1 fully saturated rings. The molecule has 2 N–H and O–H groups in total. The highest BCUT2D eigenvalue weighted by molar-refractivity contribution is 5.79. The molecule has 1 aliphatic rings. The van der Waals surface area contributed by atoms with Crippen molar-refractivity contribution in [2.75, 3.05) is 6.61 Å². The molecular weight excluding hydrogens is 166 g/mol. The lowest BCUT2D eigenvalue weighted by atomic mass is 9.83. The summed E-state index contributed by atoms with van der Waals surface area (Å²) < 4.78 is 5.05. The maximum atomic E-state index is 11.2. The predicted molar refractivity (Wildman–Crippen MR) is 51.2 cm³/mol. The first-order valence-corrected chi connectivity index (χ1v) is 4.96. The van der Waals surface area contributed by atoms with Gasteiger partial charge in [-0.3, -0.25) is 4.79 Å². The smallest absolute Gasteiger partial charge is 0.325 e. The van der Waals surface area contributed by atoms with Gasteiger partial charge >= 0.3 is 5.97 Å². The fraction of sp³-hybridized carbons (Fsp3) is 0.900. The summed E-state index contributed by atoms with van der Waals surface area (Å²) in [4.78, 5) is 11.2. The summed E-state index contributed by atoms with van der Waals surface area (Å²) in [6.45, 7) is 3.86. The van der Waals surface area contributed by atoms with Crippen molar-refractivity contribution in [3.8, 4) is 0 Å². The molecule has 0 spiro atoms. The molecule has 0 heterocycles. The molecule has 0 aliphatic heterocycles. The molecule has 0 amide bonds. The molecule has 0 aromatic rings. The molecule has 76 valence electrons. The zero-order chi connectivity index (χ0) is 9.90. The van der Waals surface area contributed by atoms with Gasteiger partial charge in [0.05, 0.1) is 6.61 Å². The Bertz CT molecular complexity index is 180. The summed E-state index contributed by atoms with van der Waals surface area (Å²) >= 11 is 0. The number of nitrogens with two attached hydrogens (primary N) is 1. The Hall–Kier alpha value is -0.570. The summed E-state index contributed by atoms with van der Waals surface area (Å²) in [6.07, 6.45) is 4.93. The predicted octanol–water partition coefficient (Wildman–Crippen LogP) is 1.46. The highest BCUT2D eigenvalue weighted by Crippen LogP contribution is 2.29. The molecule has 0 aromatic heterocycles. The van der Waals surface area contributed by atoms with Crippen LogP contribution in [0, 0.1) is 5.92 Å². The SMILES string of the molecule is CC(C)(N)C(=O)OCCC1CCC1. The monoisotopic (exact) mass is 185 g/mol. The van der Waals surface area contributed by atoms with Gasteiger partial charge < -0.3 is 10.5 Å². The topological polar surface area (TPSA) is 52.3 Å². The van der Waals surface area contributed by atoms with Crippen LogP contribution in [0.15, 0.2) is 0 Å². The molecule has 0 atom stereocenters. The van der Waals surface area contributed by atoms with E-state index in [1.807, 2.05) is 0 Å². The van der Waals surface area contributed by atoms with Gasteiger partial charge in [0, 0.05) is 0 Å². The van der Waals surface area contributed by atoms with Crippen LogP contribution in [0.25, 0.3) is 0 Å². The van der Waals surface area contributed by atoms with Crippen LogP contribution in [0.3, 0.4) is 0 Å². The van der Waals surface area contributed by atoms with Crippen LogP contribution in [-0.4, -0.2) is 18.1 Å². The van der Waals surface area contributed by atoms with Crippen molar-refractivity contribution in [2.24, 2.45) is 11.7 Å². The number of carbonyl (C=O) groups excluding carboxylic acids is 1.